The number of hydrogen-bond donors (Lipinski definition) is 0. The van der Waals surface area contributed by atoms with Crippen molar-refractivity contribution in [3.63, 3.8) is 0 Å². The van der Waals surface area contributed by atoms with Gasteiger partial charge in [0.2, 0.25) is 5.91 Å². The molecule has 0 radical (unpaired) electrons. The van der Waals surface area contributed by atoms with Crippen molar-refractivity contribution in [2.45, 2.75) is 26.3 Å². The van der Waals surface area contributed by atoms with E-state index in [9.17, 15) is 4.79 Å². The van der Waals surface area contributed by atoms with Crippen LogP contribution < -0.4 is 4.90 Å². The topological polar surface area (TPSA) is 46.3 Å². The number of hydrogen-bond acceptors (Lipinski definition) is 4. The highest BCUT2D eigenvalue weighted by atomic mass is 35.5. The van der Waals surface area contributed by atoms with Crippen molar-refractivity contribution in [1.29, 1.82) is 0 Å². The van der Waals surface area contributed by atoms with Crippen LogP contribution in [0.3, 0.4) is 0 Å². The minimum atomic E-state index is 0.0362. The van der Waals surface area contributed by atoms with E-state index in [0.29, 0.717) is 23.1 Å². The molecular formula is C16H15ClN2O2S. The molecule has 0 saturated carbocycles. The predicted octanol–water partition coefficient (Wildman–Crippen LogP) is 4.88. The quantitative estimate of drug-likeness (QED) is 0.668. The Labute approximate surface area is 137 Å². The molecule has 4 nitrogen and oxygen atoms in total. The maximum Gasteiger partial charge on any atom is 0.229 e. The number of carbonyl (C=O) groups excluding carboxylic acids is 1. The van der Waals surface area contributed by atoms with Gasteiger partial charge in [-0.1, -0.05) is 35.9 Å². The molecule has 0 saturated heterocycles. The van der Waals surface area contributed by atoms with Gasteiger partial charge in [0, 0.05) is 6.42 Å². The van der Waals surface area contributed by atoms with Gasteiger partial charge in [-0.05, 0) is 30.7 Å². The van der Waals surface area contributed by atoms with Gasteiger partial charge in [-0.15, -0.1) is 0 Å². The molecule has 0 N–H and O–H groups in total. The third-order valence-corrected chi connectivity index (χ3v) is 4.60. The molecule has 0 spiro atoms. The lowest BCUT2D eigenvalue weighted by Crippen LogP contribution is -2.29. The fourth-order valence-corrected chi connectivity index (χ4v) is 3.47. The van der Waals surface area contributed by atoms with Crippen molar-refractivity contribution in [3.05, 3.63) is 47.4 Å². The Morgan fingerprint density at radius 3 is 2.91 bits per heavy atom. The number of furan rings is 1. The van der Waals surface area contributed by atoms with E-state index in [1.165, 1.54) is 11.3 Å². The molecule has 6 heteroatoms. The molecule has 1 aromatic carbocycles. The summed E-state index contributed by atoms with van der Waals surface area (Å²) in [4.78, 5) is 18.7. The second kappa shape index (κ2) is 6.50. The Balaban J connectivity index is 1.99. The van der Waals surface area contributed by atoms with Gasteiger partial charge >= 0.3 is 0 Å². The first-order valence-electron chi connectivity index (χ1n) is 7.07. The number of amides is 1. The van der Waals surface area contributed by atoms with Crippen LogP contribution in [0, 0.1) is 0 Å². The van der Waals surface area contributed by atoms with Gasteiger partial charge in [-0.25, -0.2) is 4.98 Å². The van der Waals surface area contributed by atoms with Crippen molar-refractivity contribution in [1.82, 2.24) is 4.98 Å². The number of aromatic nitrogens is 1. The molecule has 0 aliphatic rings. The molecule has 3 aromatic rings. The van der Waals surface area contributed by atoms with E-state index in [2.05, 4.69) is 4.98 Å². The van der Waals surface area contributed by atoms with Crippen molar-refractivity contribution >= 4 is 44.2 Å². The molecule has 22 heavy (non-hydrogen) atoms. The highest BCUT2D eigenvalue weighted by Gasteiger charge is 2.21. The number of rotatable bonds is 5. The van der Waals surface area contributed by atoms with E-state index in [-0.39, 0.29) is 5.91 Å². The summed E-state index contributed by atoms with van der Waals surface area (Å²) in [5.41, 5.74) is 0.734. The second-order valence-electron chi connectivity index (χ2n) is 4.89. The van der Waals surface area contributed by atoms with Crippen LogP contribution in [0.1, 0.15) is 25.5 Å². The lowest BCUT2D eigenvalue weighted by atomic mass is 10.3. The molecule has 0 fully saturated rings. The van der Waals surface area contributed by atoms with E-state index >= 15 is 0 Å². The van der Waals surface area contributed by atoms with Gasteiger partial charge in [-0.2, -0.15) is 0 Å². The third kappa shape index (κ3) is 3.00. The van der Waals surface area contributed by atoms with Gasteiger partial charge in [-0.3, -0.25) is 9.69 Å². The van der Waals surface area contributed by atoms with Crippen LogP contribution in [0.25, 0.3) is 10.2 Å². The fraction of sp³-hybridized carbons (Fsp3) is 0.250. The number of carbonyl (C=O) groups is 1. The zero-order valence-corrected chi connectivity index (χ0v) is 13.7. The third-order valence-electron chi connectivity index (χ3n) is 3.25. The maximum atomic E-state index is 12.4. The lowest BCUT2D eigenvalue weighted by molar-refractivity contribution is -0.118. The van der Waals surface area contributed by atoms with Crippen molar-refractivity contribution in [2.75, 3.05) is 4.90 Å². The summed E-state index contributed by atoms with van der Waals surface area (Å²) in [6.07, 6.45) is 2.87. The molecule has 2 heterocycles. The van der Waals surface area contributed by atoms with Gasteiger partial charge in [0.25, 0.3) is 0 Å². The Kier molecular flexibility index (Phi) is 4.45. The molecule has 114 valence electrons. The van der Waals surface area contributed by atoms with Crippen LogP contribution in [-0.2, 0) is 11.3 Å². The zero-order valence-electron chi connectivity index (χ0n) is 12.1. The number of anilines is 1. The van der Waals surface area contributed by atoms with Crippen molar-refractivity contribution < 1.29 is 9.21 Å². The Bertz CT molecular complexity index is 783. The number of halogens is 1. The highest BCUT2D eigenvalue weighted by molar-refractivity contribution is 7.22. The van der Waals surface area contributed by atoms with E-state index in [0.717, 1.165) is 22.4 Å². The average Bonchev–Trinajstić information content (AvgIpc) is 3.14. The molecule has 0 atom stereocenters. The van der Waals surface area contributed by atoms with Crippen LogP contribution in [-0.4, -0.2) is 10.9 Å². The summed E-state index contributed by atoms with van der Waals surface area (Å²) in [6, 6.07) is 9.31. The van der Waals surface area contributed by atoms with Gasteiger partial charge in [0.1, 0.15) is 11.3 Å². The first kappa shape index (κ1) is 15.1. The molecule has 0 bridgehead atoms. The summed E-state index contributed by atoms with van der Waals surface area (Å²) in [5.74, 6) is 0.767. The van der Waals surface area contributed by atoms with E-state index < -0.39 is 0 Å². The zero-order chi connectivity index (χ0) is 15.5. The van der Waals surface area contributed by atoms with Crippen molar-refractivity contribution in [3.8, 4) is 0 Å². The Hall–Kier alpha value is -1.85. The summed E-state index contributed by atoms with van der Waals surface area (Å²) >= 11 is 7.64. The summed E-state index contributed by atoms with van der Waals surface area (Å²) in [7, 11) is 0. The number of benzene rings is 1. The van der Waals surface area contributed by atoms with E-state index in [1.54, 1.807) is 17.2 Å². The normalized spacial score (nSPS) is 11.0. The first-order valence-corrected chi connectivity index (χ1v) is 8.26. The van der Waals surface area contributed by atoms with Crippen molar-refractivity contribution in [2.24, 2.45) is 0 Å². The molecule has 0 unspecified atom stereocenters. The standard InChI is InChI=1S/C16H15ClN2O2S/c1-2-5-14(20)19(10-11-6-4-9-21-11)16-18-15-12(17)7-3-8-13(15)22-16/h3-4,6-9H,2,5,10H2,1H3. The monoisotopic (exact) mass is 334 g/mol. The minimum absolute atomic E-state index is 0.0362. The average molecular weight is 335 g/mol. The first-order chi connectivity index (χ1) is 10.7. The predicted molar refractivity (Wildman–Crippen MR) is 89.4 cm³/mol. The number of fused-ring (bicyclic) bond motifs is 1. The minimum Gasteiger partial charge on any atom is -0.467 e. The second-order valence-corrected chi connectivity index (χ2v) is 6.31. The van der Waals surface area contributed by atoms with Gasteiger partial charge in [0.15, 0.2) is 5.13 Å². The van der Waals surface area contributed by atoms with Crippen LogP contribution in [0.5, 0.6) is 0 Å². The molecule has 0 aliphatic carbocycles. The molecule has 1 amide bonds. The maximum absolute atomic E-state index is 12.4. The van der Waals surface area contributed by atoms with Crippen LogP contribution in [0.2, 0.25) is 5.02 Å². The number of para-hydroxylation sites is 1. The fourth-order valence-electron chi connectivity index (χ4n) is 2.19. The molecule has 3 rings (SSSR count). The lowest BCUT2D eigenvalue weighted by Gasteiger charge is -2.18. The number of nitrogens with zero attached hydrogens (tertiary/aromatic N) is 2. The molecule has 2 aromatic heterocycles. The van der Waals surface area contributed by atoms with Gasteiger partial charge in [0.05, 0.1) is 22.5 Å². The Morgan fingerprint density at radius 2 is 2.23 bits per heavy atom. The Morgan fingerprint density at radius 1 is 1.36 bits per heavy atom. The van der Waals surface area contributed by atoms with Crippen LogP contribution in [0.15, 0.2) is 41.0 Å². The molecule has 0 aliphatic heterocycles. The van der Waals surface area contributed by atoms with Gasteiger partial charge < -0.3 is 4.42 Å². The highest BCUT2D eigenvalue weighted by Crippen LogP contribution is 2.33. The van der Waals surface area contributed by atoms with E-state index in [4.69, 9.17) is 16.0 Å². The van der Waals surface area contributed by atoms with Crippen LogP contribution in [0.4, 0.5) is 5.13 Å². The summed E-state index contributed by atoms with van der Waals surface area (Å²) < 4.78 is 6.34. The number of thiazole rings is 1. The summed E-state index contributed by atoms with van der Waals surface area (Å²) in [6.45, 7) is 2.36. The summed E-state index contributed by atoms with van der Waals surface area (Å²) in [5, 5.41) is 1.25. The molecular weight excluding hydrogens is 320 g/mol. The SMILES string of the molecule is CCCC(=O)N(Cc1ccco1)c1nc2c(Cl)cccc2s1. The van der Waals surface area contributed by atoms with Crippen LogP contribution >= 0.6 is 22.9 Å². The smallest absolute Gasteiger partial charge is 0.229 e. The largest absolute Gasteiger partial charge is 0.467 e. The van der Waals surface area contributed by atoms with E-state index in [1.807, 2.05) is 31.2 Å².